The first-order chi connectivity index (χ1) is 7.04. The molecule has 1 amide bonds. The Morgan fingerprint density at radius 3 is 2.31 bits per heavy atom. The highest BCUT2D eigenvalue weighted by atomic mass is 16.9. The van der Waals surface area contributed by atoms with Crippen LogP contribution in [0.15, 0.2) is 0 Å². The van der Waals surface area contributed by atoms with Crippen LogP contribution in [0.2, 0.25) is 0 Å². The third kappa shape index (κ3) is 6.18. The fourth-order valence-corrected chi connectivity index (χ4v) is 0.827. The van der Waals surface area contributed by atoms with Crippen LogP contribution in [-0.4, -0.2) is 29.7 Å². The normalized spacial score (nSPS) is 12.1. The van der Waals surface area contributed by atoms with E-state index in [2.05, 4.69) is 10.2 Å². The zero-order valence-electron chi connectivity index (χ0n) is 10.1. The Hall–Kier alpha value is -1.37. The number of amides is 1. The molecule has 7 nitrogen and oxygen atoms in total. The maximum atomic E-state index is 11.7. The number of rotatable bonds is 6. The Bertz CT molecular complexity index is 270. The lowest BCUT2D eigenvalue weighted by Gasteiger charge is -2.25. The van der Waals surface area contributed by atoms with E-state index in [9.17, 15) is 14.9 Å². The van der Waals surface area contributed by atoms with Crippen molar-refractivity contribution in [2.24, 2.45) is 11.1 Å². The van der Waals surface area contributed by atoms with E-state index in [1.165, 1.54) is 0 Å². The number of nitrogens with one attached hydrogen (secondary N) is 1. The van der Waals surface area contributed by atoms with Gasteiger partial charge in [0.25, 0.3) is 5.09 Å². The third-order valence-corrected chi connectivity index (χ3v) is 1.85. The van der Waals surface area contributed by atoms with Crippen molar-refractivity contribution in [2.75, 3.05) is 13.2 Å². The molecule has 0 atom stereocenters. The molecule has 0 heterocycles. The topological polar surface area (TPSA) is 107 Å². The minimum atomic E-state index is -0.960. The van der Waals surface area contributed by atoms with Crippen LogP contribution in [-0.2, 0) is 9.63 Å². The largest absolute Gasteiger partial charge is 0.354 e. The number of nitrogens with zero attached hydrogens (tertiary/aromatic N) is 1. The number of nitrogens with two attached hydrogens (primary N) is 1. The smallest absolute Gasteiger partial charge is 0.294 e. The van der Waals surface area contributed by atoms with Crippen LogP contribution in [0.3, 0.4) is 0 Å². The van der Waals surface area contributed by atoms with Gasteiger partial charge in [-0.1, -0.05) is 0 Å². The highest BCUT2D eigenvalue weighted by molar-refractivity contribution is 5.81. The average molecular weight is 233 g/mol. The van der Waals surface area contributed by atoms with Gasteiger partial charge >= 0.3 is 0 Å². The summed E-state index contributed by atoms with van der Waals surface area (Å²) >= 11 is 0. The van der Waals surface area contributed by atoms with Crippen LogP contribution >= 0.6 is 0 Å². The Kier molecular flexibility index (Phi) is 4.67. The van der Waals surface area contributed by atoms with Crippen molar-refractivity contribution in [1.82, 2.24) is 5.32 Å². The van der Waals surface area contributed by atoms with Gasteiger partial charge in [0.1, 0.15) is 6.61 Å². The van der Waals surface area contributed by atoms with Crippen molar-refractivity contribution in [3.8, 4) is 0 Å². The fourth-order valence-electron chi connectivity index (χ4n) is 0.827. The van der Waals surface area contributed by atoms with Crippen LogP contribution in [0.25, 0.3) is 0 Å². The molecule has 0 saturated carbocycles. The molecule has 0 aromatic heterocycles. The van der Waals surface area contributed by atoms with Crippen LogP contribution in [0.1, 0.15) is 27.7 Å². The predicted molar refractivity (Wildman–Crippen MR) is 58.0 cm³/mol. The summed E-state index contributed by atoms with van der Waals surface area (Å²) in [6, 6.07) is 0. The van der Waals surface area contributed by atoms with Crippen molar-refractivity contribution in [1.29, 1.82) is 0 Å². The number of carbonyl (C=O) groups excluding carboxylic acids is 1. The summed E-state index contributed by atoms with van der Waals surface area (Å²) < 4.78 is 0. The zero-order chi connectivity index (χ0) is 13.0. The number of hydrogen-bond donors (Lipinski definition) is 2. The average Bonchev–Trinajstić information content (AvgIpc) is 2.09. The molecule has 16 heavy (non-hydrogen) atoms. The summed E-state index contributed by atoms with van der Waals surface area (Å²) in [5.41, 5.74) is 4.22. The molecule has 0 spiro atoms. The SMILES string of the molecule is CC(C)(N)CNC(=O)C(C)(C)CO[N+](=O)[O-]. The van der Waals surface area contributed by atoms with Crippen LogP contribution in [0.5, 0.6) is 0 Å². The molecule has 0 aliphatic carbocycles. The van der Waals surface area contributed by atoms with E-state index in [0.29, 0.717) is 6.54 Å². The molecule has 0 aromatic carbocycles. The van der Waals surface area contributed by atoms with Crippen LogP contribution in [0.4, 0.5) is 0 Å². The summed E-state index contributed by atoms with van der Waals surface area (Å²) in [7, 11) is 0. The summed E-state index contributed by atoms with van der Waals surface area (Å²) in [5, 5.41) is 11.7. The van der Waals surface area contributed by atoms with Gasteiger partial charge in [-0.15, -0.1) is 10.1 Å². The van der Waals surface area contributed by atoms with Crippen molar-refractivity contribution in [2.45, 2.75) is 33.2 Å². The number of carbonyl (C=O) groups is 1. The lowest BCUT2D eigenvalue weighted by molar-refractivity contribution is -0.760. The van der Waals surface area contributed by atoms with Gasteiger partial charge in [0.2, 0.25) is 5.91 Å². The molecule has 0 unspecified atom stereocenters. The van der Waals surface area contributed by atoms with E-state index < -0.39 is 16.0 Å². The molecular weight excluding hydrogens is 214 g/mol. The minimum absolute atomic E-state index is 0.281. The highest BCUT2D eigenvalue weighted by Gasteiger charge is 2.29. The van der Waals surface area contributed by atoms with Gasteiger partial charge in [-0.2, -0.15) is 0 Å². The van der Waals surface area contributed by atoms with E-state index >= 15 is 0 Å². The van der Waals surface area contributed by atoms with Gasteiger partial charge in [-0.25, -0.2) is 0 Å². The first kappa shape index (κ1) is 14.6. The molecule has 0 bridgehead atoms. The van der Waals surface area contributed by atoms with Crippen LogP contribution < -0.4 is 11.1 Å². The monoisotopic (exact) mass is 233 g/mol. The van der Waals surface area contributed by atoms with Crippen molar-refractivity contribution >= 4 is 5.91 Å². The molecule has 94 valence electrons. The van der Waals surface area contributed by atoms with Gasteiger partial charge in [0, 0.05) is 12.1 Å². The van der Waals surface area contributed by atoms with Crippen molar-refractivity contribution < 1.29 is 14.7 Å². The predicted octanol–water partition coefficient (Wildman–Crippen LogP) is 0.0744. The molecule has 0 radical (unpaired) electrons. The second-order valence-corrected chi connectivity index (χ2v) is 5.05. The molecule has 7 heteroatoms. The van der Waals surface area contributed by atoms with Crippen molar-refractivity contribution in [3.05, 3.63) is 10.1 Å². The standard InChI is InChI=1S/C9H19N3O4/c1-8(2,6-16-12(14)15)7(13)11-5-9(3,4)10/h5-6,10H2,1-4H3,(H,11,13). The lowest BCUT2D eigenvalue weighted by Crippen LogP contribution is -2.49. The van der Waals surface area contributed by atoms with E-state index in [1.54, 1.807) is 27.7 Å². The summed E-state index contributed by atoms with van der Waals surface area (Å²) in [5.74, 6) is -0.326. The second-order valence-electron chi connectivity index (χ2n) is 5.05. The maximum Gasteiger partial charge on any atom is 0.294 e. The molecular formula is C9H19N3O4. The second kappa shape index (κ2) is 5.11. The van der Waals surface area contributed by atoms with E-state index in [-0.39, 0.29) is 12.5 Å². The van der Waals surface area contributed by atoms with Crippen molar-refractivity contribution in [3.63, 3.8) is 0 Å². The maximum absolute atomic E-state index is 11.7. The minimum Gasteiger partial charge on any atom is -0.354 e. The summed E-state index contributed by atoms with van der Waals surface area (Å²) in [4.78, 5) is 25.9. The quantitative estimate of drug-likeness (QED) is 0.498. The first-order valence-electron chi connectivity index (χ1n) is 4.89. The van der Waals surface area contributed by atoms with E-state index in [1.807, 2.05) is 0 Å². The fraction of sp³-hybridized carbons (Fsp3) is 0.889. The molecule has 0 rings (SSSR count). The summed E-state index contributed by atoms with van der Waals surface area (Å²) in [6.07, 6.45) is 0. The molecule has 0 aliphatic rings. The van der Waals surface area contributed by atoms with Gasteiger partial charge < -0.3 is 15.9 Å². The van der Waals surface area contributed by atoms with Gasteiger partial charge in [0.05, 0.1) is 5.41 Å². The van der Waals surface area contributed by atoms with Crippen LogP contribution in [0, 0.1) is 15.5 Å². The molecule has 0 fully saturated rings. The first-order valence-corrected chi connectivity index (χ1v) is 4.89. The molecule has 3 N–H and O–H groups in total. The Morgan fingerprint density at radius 1 is 1.44 bits per heavy atom. The van der Waals surface area contributed by atoms with Gasteiger partial charge in [-0.05, 0) is 27.7 Å². The Morgan fingerprint density at radius 2 is 1.94 bits per heavy atom. The third-order valence-electron chi connectivity index (χ3n) is 1.85. The zero-order valence-corrected chi connectivity index (χ0v) is 10.1. The summed E-state index contributed by atoms with van der Waals surface area (Å²) in [6.45, 7) is 6.69. The van der Waals surface area contributed by atoms with E-state index in [0.717, 1.165) is 0 Å². The highest BCUT2D eigenvalue weighted by Crippen LogP contribution is 2.15. The Balaban J connectivity index is 4.19. The molecule has 0 aliphatic heterocycles. The molecule has 0 saturated heterocycles. The van der Waals surface area contributed by atoms with Gasteiger partial charge in [0.15, 0.2) is 0 Å². The van der Waals surface area contributed by atoms with E-state index in [4.69, 9.17) is 5.73 Å². The lowest BCUT2D eigenvalue weighted by atomic mass is 9.93. The Labute approximate surface area is 94.4 Å². The molecule has 0 aromatic rings. The van der Waals surface area contributed by atoms with Gasteiger partial charge in [-0.3, -0.25) is 4.79 Å². The number of hydrogen-bond acceptors (Lipinski definition) is 5.